The first kappa shape index (κ1) is 23.4. The van der Waals surface area contributed by atoms with Crippen LogP contribution in [0.1, 0.15) is 17.2 Å². The topological polar surface area (TPSA) is 97.8 Å². The fourth-order valence-corrected chi connectivity index (χ4v) is 4.13. The second-order valence-electron chi connectivity index (χ2n) is 8.26. The largest absolute Gasteiger partial charge is 0.507 e. The maximum atomic E-state index is 13.2. The lowest BCUT2D eigenvalue weighted by atomic mass is 9.94. The van der Waals surface area contributed by atoms with E-state index in [1.807, 2.05) is 19.0 Å². The average molecular weight is 469 g/mol. The normalized spacial score (nSPS) is 19.0. The van der Waals surface area contributed by atoms with E-state index in [9.17, 15) is 14.7 Å². The molecule has 2 aliphatic rings. The summed E-state index contributed by atoms with van der Waals surface area (Å²) in [6.45, 7) is 1.64. The summed E-state index contributed by atoms with van der Waals surface area (Å²) in [6.07, 6.45) is 0. The molecule has 0 aliphatic carbocycles. The number of hydrogen-bond acceptors (Lipinski definition) is 8. The van der Waals surface area contributed by atoms with Crippen LogP contribution in [0.5, 0.6) is 23.0 Å². The van der Waals surface area contributed by atoms with Crippen LogP contribution >= 0.6 is 0 Å². The molecule has 2 aromatic rings. The first-order valence-electron chi connectivity index (χ1n) is 10.9. The molecule has 0 saturated carbocycles. The van der Waals surface area contributed by atoms with Crippen LogP contribution in [-0.2, 0) is 9.59 Å². The standard InChI is InChI=1S/C25H28N2O7/c1-26(2)9-10-27-22(17-7-6-16(31-3)14-19(17)32-4)21(24(29)25(27)30)23(28)15-5-8-18-20(13-15)34-12-11-33-18/h5-8,13-14,22,28H,9-12H2,1-4H3/b23-21+/t22-/m1/s1. The Balaban J connectivity index is 1.87. The maximum absolute atomic E-state index is 13.2. The number of amides is 1. The van der Waals surface area contributed by atoms with Crippen LogP contribution in [0, 0.1) is 0 Å². The number of likely N-dealkylation sites (tertiary alicyclic amines) is 1. The van der Waals surface area contributed by atoms with E-state index < -0.39 is 17.7 Å². The predicted molar refractivity (Wildman–Crippen MR) is 125 cm³/mol. The Bertz CT molecular complexity index is 1140. The summed E-state index contributed by atoms with van der Waals surface area (Å²) in [5.74, 6) is 0.313. The Labute approximate surface area is 198 Å². The highest BCUT2D eigenvalue weighted by Gasteiger charge is 2.47. The Hall–Kier alpha value is -3.72. The van der Waals surface area contributed by atoms with Gasteiger partial charge in [0.2, 0.25) is 0 Å². The molecule has 0 aromatic heterocycles. The SMILES string of the molecule is COc1ccc([C@@H]2/C(=C(\O)c3ccc4c(c3)OCCO4)C(=O)C(=O)N2CCN(C)C)c(OC)c1. The lowest BCUT2D eigenvalue weighted by Gasteiger charge is -2.28. The fraction of sp³-hybridized carbons (Fsp3) is 0.360. The van der Waals surface area contributed by atoms with Gasteiger partial charge >= 0.3 is 0 Å². The molecule has 2 aromatic carbocycles. The molecule has 1 saturated heterocycles. The highest BCUT2D eigenvalue weighted by atomic mass is 16.6. The summed E-state index contributed by atoms with van der Waals surface area (Å²) < 4.78 is 22.0. The van der Waals surface area contributed by atoms with E-state index in [4.69, 9.17) is 18.9 Å². The molecule has 1 amide bonds. The molecular formula is C25H28N2O7. The van der Waals surface area contributed by atoms with E-state index in [1.54, 1.807) is 43.5 Å². The molecule has 0 unspecified atom stereocenters. The molecule has 180 valence electrons. The number of likely N-dealkylation sites (N-methyl/N-ethyl adjacent to an activating group) is 1. The van der Waals surface area contributed by atoms with Gasteiger partial charge in [0.05, 0.1) is 25.8 Å². The monoisotopic (exact) mass is 468 g/mol. The van der Waals surface area contributed by atoms with Gasteiger partial charge in [-0.25, -0.2) is 0 Å². The van der Waals surface area contributed by atoms with Crippen molar-refractivity contribution >= 4 is 17.4 Å². The lowest BCUT2D eigenvalue weighted by molar-refractivity contribution is -0.140. The van der Waals surface area contributed by atoms with Gasteiger partial charge in [0.15, 0.2) is 11.5 Å². The van der Waals surface area contributed by atoms with E-state index in [1.165, 1.54) is 12.0 Å². The van der Waals surface area contributed by atoms with E-state index in [0.29, 0.717) is 53.9 Å². The summed E-state index contributed by atoms with van der Waals surface area (Å²) in [5, 5.41) is 11.3. The third kappa shape index (κ3) is 4.26. The van der Waals surface area contributed by atoms with Crippen LogP contribution in [0.4, 0.5) is 0 Å². The van der Waals surface area contributed by atoms with Gasteiger partial charge in [0.1, 0.15) is 30.5 Å². The zero-order valence-electron chi connectivity index (χ0n) is 19.7. The predicted octanol–water partition coefficient (Wildman–Crippen LogP) is 2.46. The highest BCUT2D eigenvalue weighted by Crippen LogP contribution is 2.44. The molecule has 0 spiro atoms. The number of nitrogens with zero attached hydrogens (tertiary/aromatic N) is 2. The number of rotatable bonds is 7. The van der Waals surface area contributed by atoms with Gasteiger partial charge in [-0.1, -0.05) is 0 Å². The maximum Gasteiger partial charge on any atom is 0.295 e. The molecule has 34 heavy (non-hydrogen) atoms. The van der Waals surface area contributed by atoms with Crippen LogP contribution in [0.3, 0.4) is 0 Å². The van der Waals surface area contributed by atoms with E-state index >= 15 is 0 Å². The molecule has 2 heterocycles. The van der Waals surface area contributed by atoms with Gasteiger partial charge < -0.3 is 33.9 Å². The van der Waals surface area contributed by atoms with Crippen LogP contribution in [0.25, 0.3) is 5.76 Å². The minimum Gasteiger partial charge on any atom is -0.507 e. The van der Waals surface area contributed by atoms with Crippen LogP contribution in [0.2, 0.25) is 0 Å². The molecule has 4 rings (SSSR count). The number of hydrogen-bond donors (Lipinski definition) is 1. The number of ketones is 1. The van der Waals surface area contributed by atoms with Crippen molar-refractivity contribution in [3.05, 3.63) is 53.1 Å². The third-order valence-corrected chi connectivity index (χ3v) is 5.88. The van der Waals surface area contributed by atoms with Crippen LogP contribution in [-0.4, -0.2) is 81.2 Å². The van der Waals surface area contributed by atoms with Crippen molar-refractivity contribution in [2.75, 3.05) is 54.6 Å². The number of benzene rings is 2. The van der Waals surface area contributed by atoms with Gasteiger partial charge in [-0.3, -0.25) is 9.59 Å². The van der Waals surface area contributed by atoms with Crippen molar-refractivity contribution in [1.29, 1.82) is 0 Å². The minimum atomic E-state index is -0.839. The molecule has 1 atom stereocenters. The van der Waals surface area contributed by atoms with Crippen LogP contribution in [0.15, 0.2) is 42.0 Å². The zero-order chi connectivity index (χ0) is 24.4. The average Bonchev–Trinajstić information content (AvgIpc) is 3.10. The van der Waals surface area contributed by atoms with Gasteiger partial charge in [-0.2, -0.15) is 0 Å². The quantitative estimate of drug-likeness (QED) is 0.376. The number of Topliss-reactive ketones (excluding diaryl/α,β-unsaturated/α-hetero) is 1. The first-order valence-corrected chi connectivity index (χ1v) is 10.9. The second kappa shape index (κ2) is 9.64. The van der Waals surface area contributed by atoms with Crippen molar-refractivity contribution in [1.82, 2.24) is 9.80 Å². The summed E-state index contributed by atoms with van der Waals surface area (Å²) in [7, 11) is 6.81. The Morgan fingerprint density at radius 1 is 1.06 bits per heavy atom. The van der Waals surface area contributed by atoms with Crippen molar-refractivity contribution in [3.8, 4) is 23.0 Å². The second-order valence-corrected chi connectivity index (χ2v) is 8.26. The van der Waals surface area contributed by atoms with Gasteiger partial charge in [0.25, 0.3) is 11.7 Å². The Morgan fingerprint density at radius 2 is 1.79 bits per heavy atom. The molecule has 0 radical (unpaired) electrons. The van der Waals surface area contributed by atoms with E-state index in [2.05, 4.69) is 0 Å². The number of fused-ring (bicyclic) bond motifs is 1. The molecule has 9 heteroatoms. The molecule has 1 fully saturated rings. The Kier molecular flexibility index (Phi) is 6.65. The smallest absolute Gasteiger partial charge is 0.295 e. The summed E-state index contributed by atoms with van der Waals surface area (Å²) in [5.41, 5.74) is 0.914. The van der Waals surface area contributed by atoms with Crippen LogP contribution < -0.4 is 18.9 Å². The summed E-state index contributed by atoms with van der Waals surface area (Å²) in [6, 6.07) is 9.24. The highest BCUT2D eigenvalue weighted by molar-refractivity contribution is 6.46. The number of aliphatic hydroxyl groups is 1. The molecule has 2 aliphatic heterocycles. The minimum absolute atomic E-state index is 0.0103. The molecular weight excluding hydrogens is 440 g/mol. The molecule has 0 bridgehead atoms. The number of carbonyl (C=O) groups is 2. The van der Waals surface area contributed by atoms with Gasteiger partial charge in [-0.05, 0) is 44.4 Å². The zero-order valence-corrected chi connectivity index (χ0v) is 19.7. The first-order chi connectivity index (χ1) is 16.3. The van der Waals surface area contributed by atoms with Crippen molar-refractivity contribution in [2.24, 2.45) is 0 Å². The lowest BCUT2D eigenvalue weighted by Crippen LogP contribution is -2.35. The Morgan fingerprint density at radius 3 is 2.47 bits per heavy atom. The van der Waals surface area contributed by atoms with Crippen molar-refractivity contribution in [3.63, 3.8) is 0 Å². The number of carbonyl (C=O) groups excluding carboxylic acids is 2. The van der Waals surface area contributed by atoms with Crippen molar-refractivity contribution in [2.45, 2.75) is 6.04 Å². The number of ether oxygens (including phenoxy) is 4. The fourth-order valence-electron chi connectivity index (χ4n) is 4.13. The summed E-state index contributed by atoms with van der Waals surface area (Å²) >= 11 is 0. The van der Waals surface area contributed by atoms with Gasteiger partial charge in [0, 0.05) is 30.3 Å². The number of methoxy groups -OCH3 is 2. The van der Waals surface area contributed by atoms with Crippen molar-refractivity contribution < 1.29 is 33.6 Å². The molecule has 1 N–H and O–H groups in total. The number of aliphatic hydroxyl groups excluding tert-OH is 1. The molecule has 9 nitrogen and oxygen atoms in total. The van der Waals surface area contributed by atoms with Gasteiger partial charge in [-0.15, -0.1) is 0 Å². The third-order valence-electron chi connectivity index (χ3n) is 5.88. The summed E-state index contributed by atoms with van der Waals surface area (Å²) in [4.78, 5) is 29.7. The van der Waals surface area contributed by atoms with E-state index in [-0.39, 0.29) is 17.9 Å². The van der Waals surface area contributed by atoms with E-state index in [0.717, 1.165) is 0 Å².